The highest BCUT2D eigenvalue weighted by Gasteiger charge is 2.62. The van der Waals surface area contributed by atoms with Crippen molar-refractivity contribution in [3.05, 3.63) is 46.5 Å². The van der Waals surface area contributed by atoms with Crippen LogP contribution in [0.25, 0.3) is 10.8 Å². The van der Waals surface area contributed by atoms with Gasteiger partial charge in [-0.1, -0.05) is 38.1 Å². The van der Waals surface area contributed by atoms with Gasteiger partial charge in [0, 0.05) is 19.5 Å². The first-order valence-corrected chi connectivity index (χ1v) is 10.4. The Balaban J connectivity index is 2.17. The minimum absolute atomic E-state index is 0.230. The van der Waals surface area contributed by atoms with Crippen LogP contribution in [-0.2, 0) is 40.8 Å². The Labute approximate surface area is 182 Å². The van der Waals surface area contributed by atoms with Gasteiger partial charge < -0.3 is 10.1 Å². The average molecular weight is 421 g/mol. The number of aldehydes is 1. The maximum Gasteiger partial charge on any atom is 0.239 e. The molecule has 0 spiro atoms. The van der Waals surface area contributed by atoms with Crippen LogP contribution in [0.4, 0.5) is 0 Å². The summed E-state index contributed by atoms with van der Waals surface area (Å²) in [6.07, 6.45) is 1.40. The second kappa shape index (κ2) is 6.02. The number of benzene rings is 2. The molecule has 0 heterocycles. The summed E-state index contributed by atoms with van der Waals surface area (Å²) < 4.78 is 0. The lowest BCUT2D eigenvalue weighted by atomic mass is 9.63. The monoisotopic (exact) mass is 420 g/mol. The molecule has 31 heavy (non-hydrogen) atoms. The number of nitrogens with zero attached hydrogens (tertiary/aromatic N) is 1. The Morgan fingerprint density at radius 1 is 0.839 bits per heavy atom. The standard InChI is InChI=1S/C25H28N2O4/c1-22(2)14-8-9-15-19-16(24(4,20(30)26-6)23(15,3)12-28)10-11-17(18(14)19)25(22,5)21(31)27(7)13-29/h8-13H,1-7H3,(H,26,30). The summed E-state index contributed by atoms with van der Waals surface area (Å²) in [5, 5.41) is 4.52. The zero-order chi connectivity index (χ0) is 23.1. The van der Waals surface area contributed by atoms with E-state index in [9.17, 15) is 19.2 Å². The fourth-order valence-corrected chi connectivity index (χ4v) is 6.01. The first-order chi connectivity index (χ1) is 14.4. The summed E-state index contributed by atoms with van der Waals surface area (Å²) in [5.41, 5.74) is -0.354. The van der Waals surface area contributed by atoms with Crippen LogP contribution >= 0.6 is 0 Å². The van der Waals surface area contributed by atoms with E-state index in [0.717, 1.165) is 44.2 Å². The van der Waals surface area contributed by atoms with E-state index in [4.69, 9.17) is 0 Å². The zero-order valence-corrected chi connectivity index (χ0v) is 19.0. The van der Waals surface area contributed by atoms with Crippen LogP contribution in [0.3, 0.4) is 0 Å². The second-order valence-electron chi connectivity index (χ2n) is 9.87. The van der Waals surface area contributed by atoms with E-state index in [0.29, 0.717) is 6.41 Å². The molecular formula is C25H28N2O4. The molecule has 4 rings (SSSR count). The number of likely N-dealkylation sites (N-methyl/N-ethyl adjacent to an activating group) is 2. The van der Waals surface area contributed by atoms with Crippen molar-refractivity contribution in [1.29, 1.82) is 0 Å². The largest absolute Gasteiger partial charge is 0.358 e. The summed E-state index contributed by atoms with van der Waals surface area (Å²) in [6, 6.07) is 7.67. The lowest BCUT2D eigenvalue weighted by Crippen LogP contribution is -2.53. The van der Waals surface area contributed by atoms with Crippen molar-refractivity contribution in [2.75, 3.05) is 14.1 Å². The van der Waals surface area contributed by atoms with E-state index in [1.807, 2.05) is 52.0 Å². The molecule has 0 aromatic heterocycles. The third-order valence-electron chi connectivity index (χ3n) is 8.58. The Hall–Kier alpha value is -3.02. The summed E-state index contributed by atoms with van der Waals surface area (Å²) >= 11 is 0. The number of rotatable bonds is 4. The van der Waals surface area contributed by atoms with E-state index in [-0.39, 0.29) is 11.8 Å². The number of imide groups is 1. The number of hydrogen-bond donors (Lipinski definition) is 1. The highest BCUT2D eigenvalue weighted by atomic mass is 16.2. The molecule has 6 heteroatoms. The number of amides is 3. The molecular weight excluding hydrogens is 392 g/mol. The number of hydrogen-bond acceptors (Lipinski definition) is 4. The summed E-state index contributed by atoms with van der Waals surface area (Å²) in [7, 11) is 3.05. The molecule has 3 unspecified atom stereocenters. The lowest BCUT2D eigenvalue weighted by Gasteiger charge is -2.40. The van der Waals surface area contributed by atoms with Crippen LogP contribution < -0.4 is 5.32 Å². The fraction of sp³-hybridized carbons (Fsp3) is 0.440. The van der Waals surface area contributed by atoms with Crippen molar-refractivity contribution in [3.63, 3.8) is 0 Å². The first kappa shape index (κ1) is 21.2. The van der Waals surface area contributed by atoms with E-state index in [1.54, 1.807) is 14.0 Å². The number of carbonyl (C=O) groups excluding carboxylic acids is 4. The van der Waals surface area contributed by atoms with Gasteiger partial charge in [-0.2, -0.15) is 0 Å². The van der Waals surface area contributed by atoms with Gasteiger partial charge in [-0.15, -0.1) is 0 Å². The van der Waals surface area contributed by atoms with Gasteiger partial charge in [-0.3, -0.25) is 19.3 Å². The van der Waals surface area contributed by atoms with Gasteiger partial charge in [0.05, 0.1) is 16.2 Å². The van der Waals surface area contributed by atoms with Crippen LogP contribution in [-0.4, -0.2) is 43.5 Å². The quantitative estimate of drug-likeness (QED) is 0.771. The third kappa shape index (κ3) is 1.99. The molecule has 6 nitrogen and oxygen atoms in total. The number of carbonyl (C=O) groups is 4. The predicted molar refractivity (Wildman–Crippen MR) is 118 cm³/mol. The van der Waals surface area contributed by atoms with Gasteiger partial charge in [0.1, 0.15) is 6.29 Å². The van der Waals surface area contributed by atoms with Gasteiger partial charge in [0.25, 0.3) is 0 Å². The van der Waals surface area contributed by atoms with E-state index in [2.05, 4.69) is 5.32 Å². The normalized spacial score (nSPS) is 29.6. The molecule has 2 aliphatic rings. The molecule has 3 amide bonds. The van der Waals surface area contributed by atoms with E-state index < -0.39 is 21.7 Å². The predicted octanol–water partition coefficient (Wildman–Crippen LogP) is 2.48. The molecule has 2 aromatic rings. The van der Waals surface area contributed by atoms with Gasteiger partial charge in [-0.05, 0) is 53.8 Å². The highest BCUT2D eigenvalue weighted by Crippen LogP contribution is 2.61. The second-order valence-corrected chi connectivity index (χ2v) is 9.87. The smallest absolute Gasteiger partial charge is 0.239 e. The number of nitrogens with one attached hydrogen (secondary N) is 1. The summed E-state index contributed by atoms with van der Waals surface area (Å²) in [4.78, 5) is 51.6. The highest BCUT2D eigenvalue weighted by molar-refractivity contribution is 6.13. The summed E-state index contributed by atoms with van der Waals surface area (Å²) in [6.45, 7) is 9.50. The van der Waals surface area contributed by atoms with Crippen LogP contribution in [0.2, 0.25) is 0 Å². The molecule has 0 saturated carbocycles. The average Bonchev–Trinajstić information content (AvgIpc) is 3.08. The van der Waals surface area contributed by atoms with Gasteiger partial charge in [-0.25, -0.2) is 0 Å². The van der Waals surface area contributed by atoms with Crippen molar-refractivity contribution >= 4 is 35.3 Å². The Morgan fingerprint density at radius 2 is 1.32 bits per heavy atom. The molecule has 3 atom stereocenters. The molecule has 2 aliphatic carbocycles. The molecule has 0 aliphatic heterocycles. The summed E-state index contributed by atoms with van der Waals surface area (Å²) in [5.74, 6) is -0.516. The van der Waals surface area contributed by atoms with Crippen molar-refractivity contribution in [3.8, 4) is 0 Å². The fourth-order valence-electron chi connectivity index (χ4n) is 6.01. The molecule has 2 aromatic carbocycles. The first-order valence-electron chi connectivity index (χ1n) is 10.4. The van der Waals surface area contributed by atoms with Gasteiger partial charge in [0.15, 0.2) is 0 Å². The van der Waals surface area contributed by atoms with Crippen LogP contribution in [0.5, 0.6) is 0 Å². The van der Waals surface area contributed by atoms with Crippen molar-refractivity contribution in [2.45, 2.75) is 56.3 Å². The lowest BCUT2D eigenvalue weighted by molar-refractivity contribution is -0.142. The van der Waals surface area contributed by atoms with Gasteiger partial charge >= 0.3 is 0 Å². The molecule has 0 radical (unpaired) electrons. The van der Waals surface area contributed by atoms with Crippen LogP contribution in [0.15, 0.2) is 24.3 Å². The minimum atomic E-state index is -1.09. The van der Waals surface area contributed by atoms with Crippen molar-refractivity contribution in [2.24, 2.45) is 0 Å². The SMILES string of the molecule is CNC(=O)C1(C)c2ccc3c4c(ccc(c24)C1(C)C=O)C(C)(C)C3(C)C(=O)N(C)C=O. The minimum Gasteiger partial charge on any atom is -0.358 e. The van der Waals surface area contributed by atoms with Gasteiger partial charge in [0.2, 0.25) is 18.2 Å². The molecule has 0 fully saturated rings. The van der Waals surface area contributed by atoms with E-state index >= 15 is 0 Å². The van der Waals surface area contributed by atoms with E-state index in [1.165, 1.54) is 7.05 Å². The molecule has 0 bridgehead atoms. The molecule has 1 N–H and O–H groups in total. The topological polar surface area (TPSA) is 83.6 Å². The maximum atomic E-state index is 13.4. The van der Waals surface area contributed by atoms with Crippen LogP contribution in [0.1, 0.15) is 56.9 Å². The Morgan fingerprint density at radius 3 is 1.84 bits per heavy atom. The Kier molecular flexibility index (Phi) is 4.12. The zero-order valence-electron chi connectivity index (χ0n) is 19.0. The maximum absolute atomic E-state index is 13.4. The Bertz CT molecular complexity index is 1200. The molecule has 162 valence electrons. The van der Waals surface area contributed by atoms with Crippen molar-refractivity contribution < 1.29 is 19.2 Å². The molecule has 0 saturated heterocycles. The van der Waals surface area contributed by atoms with Crippen molar-refractivity contribution in [1.82, 2.24) is 10.2 Å². The third-order valence-corrected chi connectivity index (χ3v) is 8.58. The van der Waals surface area contributed by atoms with Crippen LogP contribution in [0, 0.1) is 0 Å².